The minimum absolute atomic E-state index is 0.0212. The SMILES string of the molecule is Cc1nc(N[C@@H](C(=O)OC(C)(C)C)C(C)C)ccc1[N+](=O)[O-]. The van der Waals surface area contributed by atoms with Crippen LogP contribution in [-0.4, -0.2) is 27.5 Å². The Hall–Kier alpha value is -2.18. The van der Waals surface area contributed by atoms with Crippen LogP contribution in [0.3, 0.4) is 0 Å². The van der Waals surface area contributed by atoms with Crippen molar-refractivity contribution in [1.29, 1.82) is 0 Å². The Balaban J connectivity index is 2.95. The average Bonchev–Trinajstić information content (AvgIpc) is 2.32. The van der Waals surface area contributed by atoms with E-state index in [-0.39, 0.29) is 17.6 Å². The molecule has 0 bridgehead atoms. The number of hydrogen-bond donors (Lipinski definition) is 1. The molecule has 1 aromatic rings. The summed E-state index contributed by atoms with van der Waals surface area (Å²) in [4.78, 5) is 26.7. The smallest absolute Gasteiger partial charge is 0.329 e. The fraction of sp³-hybridized carbons (Fsp3) is 0.600. The maximum atomic E-state index is 12.2. The molecule has 1 atom stereocenters. The van der Waals surface area contributed by atoms with Crippen LogP contribution in [0.4, 0.5) is 11.5 Å². The van der Waals surface area contributed by atoms with Crippen molar-refractivity contribution in [2.75, 3.05) is 5.32 Å². The minimum atomic E-state index is -0.579. The molecule has 7 nitrogen and oxygen atoms in total. The molecular weight excluding hydrogens is 286 g/mol. The number of nitro groups is 1. The van der Waals surface area contributed by atoms with E-state index in [1.165, 1.54) is 12.1 Å². The maximum Gasteiger partial charge on any atom is 0.329 e. The van der Waals surface area contributed by atoms with Crippen molar-refractivity contribution < 1.29 is 14.5 Å². The topological polar surface area (TPSA) is 94.4 Å². The molecule has 1 rings (SSSR count). The molecule has 0 saturated heterocycles. The Labute approximate surface area is 130 Å². The summed E-state index contributed by atoms with van der Waals surface area (Å²) in [6, 6.07) is 2.29. The van der Waals surface area contributed by atoms with Crippen LogP contribution in [0.5, 0.6) is 0 Å². The first kappa shape index (κ1) is 17.9. The van der Waals surface area contributed by atoms with Gasteiger partial charge >= 0.3 is 5.97 Å². The molecule has 1 aromatic heterocycles. The predicted octanol–water partition coefficient (Wildman–Crippen LogP) is 3.08. The highest BCUT2D eigenvalue weighted by molar-refractivity contribution is 5.79. The predicted molar refractivity (Wildman–Crippen MR) is 83.7 cm³/mol. The molecule has 0 aromatic carbocycles. The number of aromatic nitrogens is 1. The van der Waals surface area contributed by atoms with E-state index in [1.807, 2.05) is 13.8 Å². The van der Waals surface area contributed by atoms with Crippen molar-refractivity contribution in [2.45, 2.75) is 53.2 Å². The number of ether oxygens (including phenoxy) is 1. The molecule has 0 saturated carbocycles. The summed E-state index contributed by atoms with van der Waals surface area (Å²) in [7, 11) is 0. The number of carbonyl (C=O) groups excluding carboxylic acids is 1. The molecule has 7 heteroatoms. The summed E-state index contributed by atoms with van der Waals surface area (Å²) in [5.74, 6) is 0.0140. The standard InChI is InChI=1S/C15H23N3O4/c1-9(2)13(14(19)22-15(4,5)6)17-12-8-7-11(18(20)21)10(3)16-12/h7-9,13H,1-6H3,(H,16,17)/t13-/m1/s1. The summed E-state index contributed by atoms with van der Waals surface area (Å²) in [5.41, 5.74) is -0.337. The molecule has 1 N–H and O–H groups in total. The quantitative estimate of drug-likeness (QED) is 0.510. The second kappa shape index (κ2) is 6.72. The second-order valence-corrected chi connectivity index (χ2v) is 6.46. The Morgan fingerprint density at radius 2 is 1.95 bits per heavy atom. The number of rotatable bonds is 5. The lowest BCUT2D eigenvalue weighted by Crippen LogP contribution is -2.40. The lowest BCUT2D eigenvalue weighted by Gasteiger charge is -2.26. The monoisotopic (exact) mass is 309 g/mol. The van der Waals surface area contributed by atoms with Crippen molar-refractivity contribution in [3.63, 3.8) is 0 Å². The van der Waals surface area contributed by atoms with Gasteiger partial charge in [-0.15, -0.1) is 0 Å². The van der Waals surface area contributed by atoms with E-state index in [9.17, 15) is 14.9 Å². The normalized spacial score (nSPS) is 12.9. The lowest BCUT2D eigenvalue weighted by molar-refractivity contribution is -0.385. The van der Waals surface area contributed by atoms with Gasteiger partial charge in [0.15, 0.2) is 0 Å². The van der Waals surface area contributed by atoms with Crippen LogP contribution in [0.15, 0.2) is 12.1 Å². The summed E-state index contributed by atoms with van der Waals surface area (Å²) in [6.45, 7) is 10.7. The molecule has 0 radical (unpaired) electrons. The van der Waals surface area contributed by atoms with Gasteiger partial charge in [-0.2, -0.15) is 0 Å². The van der Waals surface area contributed by atoms with Crippen LogP contribution in [-0.2, 0) is 9.53 Å². The molecular formula is C15H23N3O4. The maximum absolute atomic E-state index is 12.2. The lowest BCUT2D eigenvalue weighted by atomic mass is 10.0. The van der Waals surface area contributed by atoms with Crippen molar-refractivity contribution in [1.82, 2.24) is 4.98 Å². The highest BCUT2D eigenvalue weighted by Gasteiger charge is 2.28. The molecule has 0 fully saturated rings. The summed E-state index contributed by atoms with van der Waals surface area (Å²) >= 11 is 0. The van der Waals surface area contributed by atoms with E-state index in [0.717, 1.165) is 0 Å². The molecule has 0 aliphatic heterocycles. The first-order valence-electron chi connectivity index (χ1n) is 7.12. The first-order valence-corrected chi connectivity index (χ1v) is 7.12. The highest BCUT2D eigenvalue weighted by Crippen LogP contribution is 2.20. The van der Waals surface area contributed by atoms with Gasteiger partial charge in [-0.05, 0) is 39.7 Å². The van der Waals surface area contributed by atoms with E-state index >= 15 is 0 Å². The Bertz CT molecular complexity index is 564. The third-order valence-corrected chi connectivity index (χ3v) is 2.89. The Kier molecular flexibility index (Phi) is 5.46. The summed E-state index contributed by atoms with van der Waals surface area (Å²) in [5, 5.41) is 13.8. The Morgan fingerprint density at radius 3 is 2.36 bits per heavy atom. The molecule has 0 spiro atoms. The molecule has 0 amide bonds. The number of nitrogens with zero attached hydrogens (tertiary/aromatic N) is 2. The van der Waals surface area contributed by atoms with Gasteiger partial charge in [0.05, 0.1) is 4.92 Å². The molecule has 0 aliphatic carbocycles. The molecule has 0 aliphatic rings. The number of anilines is 1. The number of pyridine rings is 1. The van der Waals surface area contributed by atoms with Gasteiger partial charge in [0.1, 0.15) is 23.2 Å². The number of carbonyl (C=O) groups is 1. The van der Waals surface area contributed by atoms with Crippen LogP contribution in [0.2, 0.25) is 0 Å². The molecule has 1 heterocycles. The fourth-order valence-electron chi connectivity index (χ4n) is 1.85. The number of hydrogen-bond acceptors (Lipinski definition) is 6. The second-order valence-electron chi connectivity index (χ2n) is 6.46. The van der Waals surface area contributed by atoms with Crippen LogP contribution < -0.4 is 5.32 Å². The zero-order valence-corrected chi connectivity index (χ0v) is 13.8. The van der Waals surface area contributed by atoms with E-state index in [4.69, 9.17) is 4.74 Å². The van der Waals surface area contributed by atoms with Gasteiger partial charge < -0.3 is 10.1 Å². The summed E-state index contributed by atoms with van der Waals surface area (Å²) < 4.78 is 5.39. The van der Waals surface area contributed by atoms with E-state index in [1.54, 1.807) is 27.7 Å². The van der Waals surface area contributed by atoms with E-state index in [0.29, 0.717) is 11.5 Å². The zero-order valence-electron chi connectivity index (χ0n) is 13.8. The zero-order chi connectivity index (χ0) is 17.1. The highest BCUT2D eigenvalue weighted by atomic mass is 16.6. The van der Waals surface area contributed by atoms with Gasteiger partial charge in [-0.1, -0.05) is 13.8 Å². The van der Waals surface area contributed by atoms with Crippen LogP contribution >= 0.6 is 0 Å². The summed E-state index contributed by atoms with van der Waals surface area (Å²) in [6.07, 6.45) is 0. The van der Waals surface area contributed by atoms with Crippen LogP contribution in [0, 0.1) is 23.0 Å². The van der Waals surface area contributed by atoms with Gasteiger partial charge in [-0.25, -0.2) is 9.78 Å². The third-order valence-electron chi connectivity index (χ3n) is 2.89. The van der Waals surface area contributed by atoms with Crippen LogP contribution in [0.1, 0.15) is 40.3 Å². The largest absolute Gasteiger partial charge is 0.458 e. The fourth-order valence-corrected chi connectivity index (χ4v) is 1.85. The van der Waals surface area contributed by atoms with E-state index < -0.39 is 16.6 Å². The first-order chi connectivity index (χ1) is 10.0. The van der Waals surface area contributed by atoms with Gasteiger partial charge in [-0.3, -0.25) is 10.1 Å². The van der Waals surface area contributed by atoms with Gasteiger partial charge in [0.2, 0.25) is 0 Å². The van der Waals surface area contributed by atoms with Crippen molar-refractivity contribution in [3.05, 3.63) is 27.9 Å². The van der Waals surface area contributed by atoms with Crippen molar-refractivity contribution in [3.8, 4) is 0 Å². The third kappa shape index (κ3) is 4.98. The number of aryl methyl sites for hydroxylation is 1. The minimum Gasteiger partial charge on any atom is -0.458 e. The van der Waals surface area contributed by atoms with E-state index in [2.05, 4.69) is 10.3 Å². The molecule has 0 unspecified atom stereocenters. The number of nitrogens with one attached hydrogen (secondary N) is 1. The van der Waals surface area contributed by atoms with Crippen molar-refractivity contribution in [2.24, 2.45) is 5.92 Å². The molecule has 122 valence electrons. The number of esters is 1. The average molecular weight is 309 g/mol. The van der Waals surface area contributed by atoms with Gasteiger partial charge in [0.25, 0.3) is 5.69 Å². The molecule has 22 heavy (non-hydrogen) atoms. The van der Waals surface area contributed by atoms with Gasteiger partial charge in [0, 0.05) is 6.07 Å². The van der Waals surface area contributed by atoms with Crippen molar-refractivity contribution >= 4 is 17.5 Å². The Morgan fingerprint density at radius 1 is 1.36 bits per heavy atom. The van der Waals surface area contributed by atoms with Crippen LogP contribution in [0.25, 0.3) is 0 Å².